The number of nitrogens with one attached hydrogen (secondary N) is 3. The molecule has 1 aromatic rings. The molecule has 21 heavy (non-hydrogen) atoms. The van der Waals surface area contributed by atoms with Gasteiger partial charge in [0, 0.05) is 43.5 Å². The number of pyridine rings is 1. The van der Waals surface area contributed by atoms with Crippen LogP contribution in [0.4, 0.5) is 0 Å². The third kappa shape index (κ3) is 9.02. The van der Waals surface area contributed by atoms with E-state index < -0.39 is 0 Å². The molecule has 118 valence electrons. The molecular weight excluding hydrogens is 262 g/mol. The highest BCUT2D eigenvalue weighted by Gasteiger charge is 2.07. The van der Waals surface area contributed by atoms with E-state index in [1.165, 1.54) is 0 Å². The number of nitrogens with zero attached hydrogens (tertiary/aromatic N) is 2. The van der Waals surface area contributed by atoms with Crippen LogP contribution in [-0.4, -0.2) is 42.7 Å². The van der Waals surface area contributed by atoms with Crippen LogP contribution in [0.3, 0.4) is 0 Å². The van der Waals surface area contributed by atoms with Crippen LogP contribution in [0.1, 0.15) is 33.4 Å². The van der Waals surface area contributed by atoms with Gasteiger partial charge in [0.1, 0.15) is 0 Å². The summed E-state index contributed by atoms with van der Waals surface area (Å²) in [5.41, 5.74) is 1.23. The number of guanidine groups is 1. The van der Waals surface area contributed by atoms with E-state index in [-0.39, 0.29) is 5.54 Å². The van der Waals surface area contributed by atoms with E-state index in [1.54, 1.807) is 0 Å². The fourth-order valence-corrected chi connectivity index (χ4v) is 1.80. The minimum absolute atomic E-state index is 0.139. The Hall–Kier alpha value is -1.62. The van der Waals surface area contributed by atoms with Crippen LogP contribution in [-0.2, 0) is 6.42 Å². The summed E-state index contributed by atoms with van der Waals surface area (Å²) in [6.45, 7) is 11.9. The van der Waals surface area contributed by atoms with Crippen molar-refractivity contribution >= 4 is 5.96 Å². The predicted molar refractivity (Wildman–Crippen MR) is 89.7 cm³/mol. The van der Waals surface area contributed by atoms with Gasteiger partial charge < -0.3 is 16.0 Å². The highest BCUT2D eigenvalue weighted by atomic mass is 15.2. The zero-order valence-electron chi connectivity index (χ0n) is 13.7. The Morgan fingerprint density at radius 3 is 2.62 bits per heavy atom. The van der Waals surface area contributed by atoms with Crippen molar-refractivity contribution in [3.63, 3.8) is 0 Å². The highest BCUT2D eigenvalue weighted by Crippen LogP contribution is 1.96. The molecule has 0 saturated carbocycles. The summed E-state index contributed by atoms with van der Waals surface area (Å²) in [4.78, 5) is 8.87. The minimum Gasteiger partial charge on any atom is -0.357 e. The second kappa shape index (κ2) is 9.34. The summed E-state index contributed by atoms with van der Waals surface area (Å²) >= 11 is 0. The standard InChI is InChI=1S/C16H29N5/c1-5-17-15(20-12-13-21-16(2,3)4)19-11-9-14-8-6-7-10-18-14/h6-8,10,21H,5,9,11-13H2,1-4H3,(H2,17,19,20). The Bertz CT molecular complexity index is 408. The first-order valence-corrected chi connectivity index (χ1v) is 7.68. The van der Waals surface area contributed by atoms with Gasteiger partial charge >= 0.3 is 0 Å². The molecule has 0 saturated heterocycles. The van der Waals surface area contributed by atoms with Gasteiger partial charge in [-0.25, -0.2) is 0 Å². The molecule has 0 aliphatic carbocycles. The second-order valence-corrected chi connectivity index (χ2v) is 5.94. The van der Waals surface area contributed by atoms with Crippen molar-refractivity contribution in [3.8, 4) is 0 Å². The molecule has 0 bridgehead atoms. The predicted octanol–water partition coefficient (Wildman–Crippen LogP) is 1.57. The second-order valence-electron chi connectivity index (χ2n) is 5.94. The van der Waals surface area contributed by atoms with E-state index in [0.717, 1.165) is 44.3 Å². The average molecular weight is 291 g/mol. The molecular formula is C16H29N5. The number of hydrogen-bond donors (Lipinski definition) is 3. The summed E-state index contributed by atoms with van der Waals surface area (Å²) < 4.78 is 0. The van der Waals surface area contributed by atoms with Crippen molar-refractivity contribution in [1.29, 1.82) is 0 Å². The fraction of sp³-hybridized carbons (Fsp3) is 0.625. The Labute approximate surface area is 128 Å². The van der Waals surface area contributed by atoms with Crippen molar-refractivity contribution in [2.75, 3.05) is 26.2 Å². The van der Waals surface area contributed by atoms with Crippen molar-refractivity contribution in [3.05, 3.63) is 30.1 Å². The molecule has 0 aliphatic heterocycles. The molecule has 1 aromatic heterocycles. The van der Waals surface area contributed by atoms with E-state index >= 15 is 0 Å². The molecule has 0 aliphatic rings. The first-order valence-electron chi connectivity index (χ1n) is 7.68. The van der Waals surface area contributed by atoms with E-state index in [1.807, 2.05) is 24.4 Å². The Kier molecular flexibility index (Phi) is 7.75. The molecule has 3 N–H and O–H groups in total. The third-order valence-electron chi connectivity index (χ3n) is 2.78. The maximum Gasteiger partial charge on any atom is 0.191 e. The molecule has 0 fully saturated rings. The fourth-order valence-electron chi connectivity index (χ4n) is 1.80. The first kappa shape index (κ1) is 17.4. The van der Waals surface area contributed by atoms with Gasteiger partial charge in [0.05, 0.1) is 6.54 Å². The maximum atomic E-state index is 4.56. The molecule has 0 aromatic carbocycles. The molecule has 0 unspecified atom stereocenters. The largest absolute Gasteiger partial charge is 0.357 e. The number of aliphatic imine (C=N–C) groups is 1. The minimum atomic E-state index is 0.139. The van der Waals surface area contributed by atoms with Gasteiger partial charge in [-0.15, -0.1) is 0 Å². The summed E-state index contributed by atoms with van der Waals surface area (Å²) in [7, 11) is 0. The molecule has 0 amide bonds. The summed E-state index contributed by atoms with van der Waals surface area (Å²) in [5, 5.41) is 10.0. The lowest BCUT2D eigenvalue weighted by Crippen LogP contribution is -2.40. The summed E-state index contributed by atoms with van der Waals surface area (Å²) in [6, 6.07) is 5.99. The zero-order valence-corrected chi connectivity index (χ0v) is 13.7. The van der Waals surface area contributed by atoms with Crippen molar-refractivity contribution in [1.82, 2.24) is 20.9 Å². The van der Waals surface area contributed by atoms with Crippen molar-refractivity contribution < 1.29 is 0 Å². The SMILES string of the molecule is CCNC(=NCCNC(C)(C)C)NCCc1ccccn1. The van der Waals surface area contributed by atoms with Gasteiger partial charge in [-0.05, 0) is 39.8 Å². The van der Waals surface area contributed by atoms with Gasteiger partial charge in [-0.2, -0.15) is 0 Å². The molecule has 0 radical (unpaired) electrons. The van der Waals surface area contributed by atoms with Crippen molar-refractivity contribution in [2.45, 2.75) is 39.7 Å². The van der Waals surface area contributed by atoms with Crippen LogP contribution in [0.15, 0.2) is 29.4 Å². The molecule has 5 heteroatoms. The molecule has 1 rings (SSSR count). The Morgan fingerprint density at radius 1 is 1.19 bits per heavy atom. The molecule has 5 nitrogen and oxygen atoms in total. The number of aromatic nitrogens is 1. The van der Waals surface area contributed by atoms with Gasteiger partial charge in [0.2, 0.25) is 0 Å². The van der Waals surface area contributed by atoms with Crippen LogP contribution in [0.5, 0.6) is 0 Å². The van der Waals surface area contributed by atoms with Crippen LogP contribution in [0.2, 0.25) is 0 Å². The van der Waals surface area contributed by atoms with Crippen LogP contribution in [0, 0.1) is 0 Å². The highest BCUT2D eigenvalue weighted by molar-refractivity contribution is 5.79. The molecule has 0 atom stereocenters. The van der Waals surface area contributed by atoms with Gasteiger partial charge in [-0.3, -0.25) is 9.98 Å². The topological polar surface area (TPSA) is 61.3 Å². The average Bonchev–Trinajstić information content (AvgIpc) is 2.43. The lowest BCUT2D eigenvalue weighted by Gasteiger charge is -2.20. The monoisotopic (exact) mass is 291 g/mol. The van der Waals surface area contributed by atoms with Crippen LogP contribution < -0.4 is 16.0 Å². The van der Waals surface area contributed by atoms with Crippen LogP contribution in [0.25, 0.3) is 0 Å². The van der Waals surface area contributed by atoms with Crippen LogP contribution >= 0.6 is 0 Å². The third-order valence-corrected chi connectivity index (χ3v) is 2.78. The van der Waals surface area contributed by atoms with Gasteiger partial charge in [0.25, 0.3) is 0 Å². The van der Waals surface area contributed by atoms with E-state index in [9.17, 15) is 0 Å². The lowest BCUT2D eigenvalue weighted by molar-refractivity contribution is 0.432. The van der Waals surface area contributed by atoms with Crippen molar-refractivity contribution in [2.24, 2.45) is 4.99 Å². The van der Waals surface area contributed by atoms with E-state index in [0.29, 0.717) is 0 Å². The molecule has 1 heterocycles. The quantitative estimate of drug-likeness (QED) is 0.405. The Balaban J connectivity index is 2.31. The molecule has 0 spiro atoms. The van der Waals surface area contributed by atoms with Gasteiger partial charge in [0.15, 0.2) is 5.96 Å². The summed E-state index contributed by atoms with van der Waals surface area (Å²) in [5.74, 6) is 0.865. The Morgan fingerprint density at radius 2 is 2.00 bits per heavy atom. The smallest absolute Gasteiger partial charge is 0.191 e. The summed E-state index contributed by atoms with van der Waals surface area (Å²) in [6.07, 6.45) is 2.72. The lowest BCUT2D eigenvalue weighted by atomic mass is 10.1. The van der Waals surface area contributed by atoms with Gasteiger partial charge in [-0.1, -0.05) is 6.07 Å². The number of rotatable bonds is 7. The number of hydrogen-bond acceptors (Lipinski definition) is 3. The normalized spacial score (nSPS) is 12.3. The maximum absolute atomic E-state index is 4.56. The zero-order chi connectivity index (χ0) is 15.6. The van der Waals surface area contributed by atoms with E-state index in [4.69, 9.17) is 0 Å². The first-order chi connectivity index (χ1) is 10.0. The van der Waals surface area contributed by atoms with E-state index in [2.05, 4.69) is 53.6 Å².